The Morgan fingerprint density at radius 1 is 1.43 bits per heavy atom. The first kappa shape index (κ1) is 9.93. The maximum absolute atomic E-state index is 11.4. The minimum Gasteiger partial charge on any atom is -0.317 e. The fraction of sp³-hybridized carbons (Fsp3) is 0.900. The Bertz CT molecular complexity index is 214. The largest absolute Gasteiger partial charge is 0.317 e. The molecule has 2 atom stereocenters. The lowest BCUT2D eigenvalue weighted by atomic mass is 9.92. The molecule has 0 aromatic carbocycles. The van der Waals surface area contributed by atoms with Gasteiger partial charge in [0.25, 0.3) is 0 Å². The second kappa shape index (κ2) is 4.28. The van der Waals surface area contributed by atoms with Crippen molar-refractivity contribution in [3.05, 3.63) is 0 Å². The number of piperidine rings is 1. The Hall–Kier alpha value is -0.610. The molecule has 1 aliphatic carbocycles. The predicted octanol–water partition coefficient (Wildman–Crippen LogP) is 0.300. The van der Waals surface area contributed by atoms with E-state index >= 15 is 0 Å². The van der Waals surface area contributed by atoms with E-state index in [9.17, 15) is 4.79 Å². The second-order valence-corrected chi connectivity index (χ2v) is 4.26. The van der Waals surface area contributed by atoms with Gasteiger partial charge in [-0.05, 0) is 44.2 Å². The van der Waals surface area contributed by atoms with Crippen LogP contribution in [0.1, 0.15) is 19.3 Å². The van der Waals surface area contributed by atoms with E-state index in [1.807, 2.05) is 0 Å². The minimum atomic E-state index is 0.0658. The average molecular weight is 198 g/mol. The van der Waals surface area contributed by atoms with Crippen LogP contribution in [0.5, 0.6) is 0 Å². The topological polar surface area (TPSA) is 50.4 Å². The Morgan fingerprint density at radius 2 is 2.14 bits per heavy atom. The molecule has 0 aromatic heterocycles. The zero-order chi connectivity index (χ0) is 9.97. The van der Waals surface area contributed by atoms with E-state index in [0.29, 0.717) is 5.92 Å². The van der Waals surface area contributed by atoms with Gasteiger partial charge in [0, 0.05) is 5.92 Å². The minimum absolute atomic E-state index is 0.0658. The number of nitrogens with one attached hydrogen (secondary N) is 2. The van der Waals surface area contributed by atoms with E-state index in [1.54, 1.807) is 0 Å². The van der Waals surface area contributed by atoms with Crippen molar-refractivity contribution in [3.63, 3.8) is 0 Å². The molecule has 0 aromatic rings. The van der Waals surface area contributed by atoms with E-state index in [0.717, 1.165) is 25.4 Å². The van der Waals surface area contributed by atoms with Gasteiger partial charge in [-0.2, -0.15) is 0 Å². The lowest BCUT2D eigenvalue weighted by Crippen LogP contribution is -2.30. The second-order valence-electron chi connectivity index (χ2n) is 4.26. The summed E-state index contributed by atoms with van der Waals surface area (Å²) in [5.74, 6) is 1.66. The normalized spacial score (nSPS) is 32.6. The molecule has 1 aliphatic heterocycles. The maximum atomic E-state index is 11.4. The van der Waals surface area contributed by atoms with E-state index in [4.69, 9.17) is 0 Å². The molecule has 4 heteroatoms. The highest BCUT2D eigenvalue weighted by Crippen LogP contribution is 2.47. The van der Waals surface area contributed by atoms with Gasteiger partial charge in [-0.3, -0.25) is 9.63 Å². The smallest absolute Gasteiger partial charge is 0.246 e. The van der Waals surface area contributed by atoms with Gasteiger partial charge in [0.05, 0.1) is 7.11 Å². The highest BCUT2D eigenvalue weighted by atomic mass is 16.6. The van der Waals surface area contributed by atoms with E-state index in [1.165, 1.54) is 20.0 Å². The quantitative estimate of drug-likeness (QED) is 0.641. The molecular weight excluding hydrogens is 180 g/mol. The molecule has 0 bridgehead atoms. The van der Waals surface area contributed by atoms with Crippen LogP contribution in [-0.4, -0.2) is 26.1 Å². The van der Waals surface area contributed by atoms with Crippen molar-refractivity contribution < 1.29 is 9.63 Å². The molecule has 0 radical (unpaired) electrons. The average Bonchev–Trinajstić information content (AvgIpc) is 2.99. The van der Waals surface area contributed by atoms with Crippen molar-refractivity contribution in [1.29, 1.82) is 0 Å². The lowest BCUT2D eigenvalue weighted by molar-refractivity contribution is -0.133. The zero-order valence-corrected chi connectivity index (χ0v) is 8.58. The molecular formula is C10H18N2O2. The van der Waals surface area contributed by atoms with Crippen molar-refractivity contribution in [2.75, 3.05) is 20.2 Å². The Morgan fingerprint density at radius 3 is 2.79 bits per heavy atom. The van der Waals surface area contributed by atoms with Gasteiger partial charge in [-0.1, -0.05) is 0 Å². The summed E-state index contributed by atoms with van der Waals surface area (Å²) in [6.45, 7) is 2.22. The third-order valence-electron chi connectivity index (χ3n) is 3.37. The number of hydroxylamine groups is 1. The molecule has 0 spiro atoms. The van der Waals surface area contributed by atoms with Crippen molar-refractivity contribution in [2.24, 2.45) is 17.8 Å². The van der Waals surface area contributed by atoms with Crippen molar-refractivity contribution >= 4 is 5.91 Å². The van der Waals surface area contributed by atoms with Gasteiger partial charge < -0.3 is 5.32 Å². The SMILES string of the molecule is CONC(=O)[C@@H]1C[C@H]1C1CCNCC1. The summed E-state index contributed by atoms with van der Waals surface area (Å²) >= 11 is 0. The molecule has 2 aliphatic rings. The van der Waals surface area contributed by atoms with Crippen LogP contribution >= 0.6 is 0 Å². The number of hydrogen-bond donors (Lipinski definition) is 2. The van der Waals surface area contributed by atoms with Crippen molar-refractivity contribution in [2.45, 2.75) is 19.3 Å². The van der Waals surface area contributed by atoms with Crippen LogP contribution in [0, 0.1) is 17.8 Å². The molecule has 2 N–H and O–H groups in total. The van der Waals surface area contributed by atoms with Gasteiger partial charge in [0.2, 0.25) is 5.91 Å². The van der Waals surface area contributed by atoms with Gasteiger partial charge in [0.1, 0.15) is 0 Å². The molecule has 1 amide bonds. The number of hydrogen-bond acceptors (Lipinski definition) is 3. The first-order valence-electron chi connectivity index (χ1n) is 5.36. The number of carbonyl (C=O) groups excluding carboxylic acids is 1. The third-order valence-corrected chi connectivity index (χ3v) is 3.37. The Balaban J connectivity index is 1.77. The number of amides is 1. The molecule has 1 saturated carbocycles. The van der Waals surface area contributed by atoms with Crippen LogP contribution in [0.25, 0.3) is 0 Å². The Labute approximate surface area is 84.3 Å². The summed E-state index contributed by atoms with van der Waals surface area (Å²) in [7, 11) is 1.49. The monoisotopic (exact) mass is 198 g/mol. The Kier molecular flexibility index (Phi) is 3.03. The van der Waals surface area contributed by atoms with Gasteiger partial charge in [-0.25, -0.2) is 5.48 Å². The molecule has 1 heterocycles. The van der Waals surface area contributed by atoms with E-state index < -0.39 is 0 Å². The zero-order valence-electron chi connectivity index (χ0n) is 8.58. The lowest BCUT2D eigenvalue weighted by Gasteiger charge is -2.22. The van der Waals surface area contributed by atoms with Crippen LogP contribution in [0.4, 0.5) is 0 Å². The molecule has 2 fully saturated rings. The first-order chi connectivity index (χ1) is 6.83. The number of carbonyl (C=O) groups is 1. The summed E-state index contributed by atoms with van der Waals surface area (Å²) in [5.41, 5.74) is 2.42. The summed E-state index contributed by atoms with van der Waals surface area (Å²) in [5, 5.41) is 3.34. The molecule has 14 heavy (non-hydrogen) atoms. The van der Waals surface area contributed by atoms with Crippen LogP contribution in [0.15, 0.2) is 0 Å². The van der Waals surface area contributed by atoms with Gasteiger partial charge in [-0.15, -0.1) is 0 Å². The molecule has 4 nitrogen and oxygen atoms in total. The van der Waals surface area contributed by atoms with Gasteiger partial charge in [0.15, 0.2) is 0 Å². The van der Waals surface area contributed by atoms with Crippen LogP contribution < -0.4 is 10.8 Å². The molecule has 80 valence electrons. The highest BCUT2D eigenvalue weighted by Gasteiger charge is 2.47. The standard InChI is InChI=1S/C10H18N2O2/c1-14-12-10(13)9-6-8(9)7-2-4-11-5-3-7/h7-9,11H,2-6H2,1H3,(H,12,13)/t8-,9+/m0/s1. The van der Waals surface area contributed by atoms with Gasteiger partial charge >= 0.3 is 0 Å². The van der Waals surface area contributed by atoms with E-state index in [2.05, 4.69) is 15.6 Å². The number of rotatable bonds is 3. The molecule has 2 rings (SSSR count). The maximum Gasteiger partial charge on any atom is 0.246 e. The van der Waals surface area contributed by atoms with Crippen LogP contribution in [0.3, 0.4) is 0 Å². The summed E-state index contributed by atoms with van der Waals surface area (Å²) < 4.78 is 0. The summed E-state index contributed by atoms with van der Waals surface area (Å²) in [6.07, 6.45) is 3.50. The third kappa shape index (κ3) is 2.07. The van der Waals surface area contributed by atoms with Crippen LogP contribution in [0.2, 0.25) is 0 Å². The van der Waals surface area contributed by atoms with Crippen molar-refractivity contribution in [3.8, 4) is 0 Å². The summed E-state index contributed by atoms with van der Waals surface area (Å²) in [6, 6.07) is 0. The summed E-state index contributed by atoms with van der Waals surface area (Å²) in [4.78, 5) is 16.0. The molecule has 1 saturated heterocycles. The molecule has 0 unspecified atom stereocenters. The fourth-order valence-corrected chi connectivity index (χ4v) is 2.49. The highest BCUT2D eigenvalue weighted by molar-refractivity contribution is 5.80. The van der Waals surface area contributed by atoms with Crippen molar-refractivity contribution in [1.82, 2.24) is 10.8 Å². The first-order valence-corrected chi connectivity index (χ1v) is 5.36. The predicted molar refractivity (Wildman–Crippen MR) is 52.3 cm³/mol. The van der Waals surface area contributed by atoms with Crippen LogP contribution in [-0.2, 0) is 9.63 Å². The van der Waals surface area contributed by atoms with E-state index in [-0.39, 0.29) is 11.8 Å². The fourth-order valence-electron chi connectivity index (χ4n) is 2.49.